The number of carbonyl (C=O) groups is 1. The number of aliphatic hydroxyl groups excluding tert-OH is 1. The zero-order valence-electron chi connectivity index (χ0n) is 48.0. The van der Waals surface area contributed by atoms with Crippen LogP contribution in [0.5, 0.6) is 0 Å². The first kappa shape index (κ1) is 69.7. The summed E-state index contributed by atoms with van der Waals surface area (Å²) in [5.41, 5.74) is 0. The highest BCUT2D eigenvalue weighted by Crippen LogP contribution is 2.43. The van der Waals surface area contributed by atoms with Crippen LogP contribution in [0.4, 0.5) is 0 Å². The minimum absolute atomic E-state index is 0.0552. The molecular weight excluding hydrogens is 900 g/mol. The van der Waals surface area contributed by atoms with Crippen LogP contribution in [0.1, 0.15) is 303 Å². The smallest absolute Gasteiger partial charge is 0.387 e. The van der Waals surface area contributed by atoms with E-state index in [1.807, 2.05) is 27.2 Å². The van der Waals surface area contributed by atoms with Gasteiger partial charge in [-0.3, -0.25) is 13.8 Å². The number of rotatable bonds is 57. The first-order valence-electron chi connectivity index (χ1n) is 30.9. The predicted molar refractivity (Wildman–Crippen MR) is 309 cm³/mol. The van der Waals surface area contributed by atoms with Crippen molar-refractivity contribution in [3.8, 4) is 0 Å². The maximum absolute atomic E-state index is 13.0. The molecular formula is C62H122N2O6P+. The van der Waals surface area contributed by atoms with E-state index >= 15 is 0 Å². The molecule has 0 aromatic rings. The number of quaternary nitrogens is 1. The lowest BCUT2D eigenvalue weighted by atomic mass is 10.0. The third kappa shape index (κ3) is 56.3. The maximum atomic E-state index is 13.0. The van der Waals surface area contributed by atoms with Gasteiger partial charge in [0.1, 0.15) is 13.2 Å². The van der Waals surface area contributed by atoms with Crippen molar-refractivity contribution in [3.05, 3.63) is 36.5 Å². The largest absolute Gasteiger partial charge is 0.472 e. The molecule has 0 saturated carbocycles. The molecule has 3 atom stereocenters. The van der Waals surface area contributed by atoms with E-state index in [0.29, 0.717) is 17.4 Å². The molecule has 0 heterocycles. The number of nitrogens with one attached hydrogen (secondary N) is 1. The van der Waals surface area contributed by atoms with Crippen LogP contribution in [0.15, 0.2) is 36.5 Å². The van der Waals surface area contributed by atoms with Crippen molar-refractivity contribution in [2.24, 2.45) is 0 Å². The molecule has 71 heavy (non-hydrogen) atoms. The second kappa shape index (κ2) is 53.5. The van der Waals surface area contributed by atoms with E-state index in [0.717, 1.165) is 44.9 Å². The number of hydrogen-bond donors (Lipinski definition) is 3. The number of amides is 1. The van der Waals surface area contributed by atoms with Gasteiger partial charge in [0.25, 0.3) is 0 Å². The van der Waals surface area contributed by atoms with Gasteiger partial charge in [-0.2, -0.15) is 0 Å². The molecule has 0 aliphatic rings. The first-order valence-corrected chi connectivity index (χ1v) is 32.4. The van der Waals surface area contributed by atoms with Crippen molar-refractivity contribution in [3.63, 3.8) is 0 Å². The summed E-state index contributed by atoms with van der Waals surface area (Å²) >= 11 is 0. The van der Waals surface area contributed by atoms with E-state index in [2.05, 4.69) is 43.5 Å². The van der Waals surface area contributed by atoms with Crippen molar-refractivity contribution in [1.82, 2.24) is 5.32 Å². The maximum Gasteiger partial charge on any atom is 0.472 e. The molecule has 0 spiro atoms. The number of carbonyl (C=O) groups excluding carboxylic acids is 1. The van der Waals surface area contributed by atoms with E-state index < -0.39 is 20.0 Å². The summed E-state index contributed by atoms with van der Waals surface area (Å²) in [4.78, 5) is 23.3. The molecule has 420 valence electrons. The van der Waals surface area contributed by atoms with Crippen LogP contribution in [0, 0.1) is 0 Å². The number of hydrogen-bond acceptors (Lipinski definition) is 5. The average Bonchev–Trinajstić information content (AvgIpc) is 3.33. The fraction of sp³-hybridized carbons (Fsp3) is 0.887. The van der Waals surface area contributed by atoms with Crippen LogP contribution in [0.2, 0.25) is 0 Å². The first-order chi connectivity index (χ1) is 34.5. The Balaban J connectivity index is 4.12. The van der Waals surface area contributed by atoms with Gasteiger partial charge in [0.15, 0.2) is 0 Å². The Morgan fingerprint density at radius 3 is 1.13 bits per heavy atom. The molecule has 0 bridgehead atoms. The second-order valence-electron chi connectivity index (χ2n) is 22.4. The number of unbranched alkanes of at least 4 members (excludes halogenated alkanes) is 40. The minimum Gasteiger partial charge on any atom is -0.387 e. The quantitative estimate of drug-likeness (QED) is 0.0243. The van der Waals surface area contributed by atoms with Gasteiger partial charge in [-0.15, -0.1) is 0 Å². The molecule has 0 rings (SSSR count). The monoisotopic (exact) mass is 1020 g/mol. The molecule has 0 saturated heterocycles. The van der Waals surface area contributed by atoms with Crippen molar-refractivity contribution in [2.75, 3.05) is 40.9 Å². The number of allylic oxidation sites excluding steroid dienone is 5. The molecule has 0 fully saturated rings. The highest BCUT2D eigenvalue weighted by molar-refractivity contribution is 7.47. The highest BCUT2D eigenvalue weighted by Gasteiger charge is 2.27. The molecule has 3 unspecified atom stereocenters. The standard InChI is InChI=1S/C62H121N2O6P/c1-6-8-10-12-14-16-18-20-22-24-26-27-28-29-30-31-32-33-34-35-36-38-40-42-44-46-48-50-52-54-56-62(66)63-60(59-70-71(67,68)69-58-57-64(3,4)5)61(65)55-53-51-49-47-45-43-41-39-37-25-23-21-19-17-15-13-11-9-7-2/h37,39,45,47,53,55,60-61,65H,6-36,38,40-44,46,48-52,54,56-59H2,1-5H3,(H-,63,66,67,68)/p+1/b39-37+,47-45+,55-53+. The Labute approximate surface area is 442 Å². The van der Waals surface area contributed by atoms with Crippen LogP contribution in [-0.2, 0) is 18.4 Å². The number of phosphoric ester groups is 1. The summed E-state index contributed by atoms with van der Waals surface area (Å²) in [6.07, 6.45) is 69.9. The zero-order chi connectivity index (χ0) is 52.0. The minimum atomic E-state index is -4.36. The lowest BCUT2D eigenvalue weighted by Crippen LogP contribution is -2.45. The van der Waals surface area contributed by atoms with E-state index in [9.17, 15) is 19.4 Å². The van der Waals surface area contributed by atoms with Gasteiger partial charge in [-0.1, -0.05) is 288 Å². The van der Waals surface area contributed by atoms with Crippen LogP contribution in [-0.4, -0.2) is 73.4 Å². The third-order valence-electron chi connectivity index (χ3n) is 14.1. The molecule has 8 nitrogen and oxygen atoms in total. The van der Waals surface area contributed by atoms with Crippen LogP contribution >= 0.6 is 7.82 Å². The highest BCUT2D eigenvalue weighted by atomic mass is 31.2. The number of aliphatic hydroxyl groups is 1. The molecule has 0 aromatic heterocycles. The van der Waals surface area contributed by atoms with Gasteiger partial charge < -0.3 is 19.8 Å². The summed E-state index contributed by atoms with van der Waals surface area (Å²) in [6, 6.07) is -0.868. The zero-order valence-corrected chi connectivity index (χ0v) is 48.9. The van der Waals surface area contributed by atoms with Crippen LogP contribution in [0.3, 0.4) is 0 Å². The Morgan fingerprint density at radius 1 is 0.465 bits per heavy atom. The molecule has 1 amide bonds. The normalized spacial score (nSPS) is 14.1. The molecule has 3 N–H and O–H groups in total. The van der Waals surface area contributed by atoms with Crippen molar-refractivity contribution in [1.29, 1.82) is 0 Å². The molecule has 0 aliphatic carbocycles. The van der Waals surface area contributed by atoms with Gasteiger partial charge in [-0.25, -0.2) is 4.57 Å². The summed E-state index contributed by atoms with van der Waals surface area (Å²) < 4.78 is 23.7. The van der Waals surface area contributed by atoms with Gasteiger partial charge in [-0.05, 0) is 44.9 Å². The predicted octanol–water partition coefficient (Wildman–Crippen LogP) is 18.9. The fourth-order valence-corrected chi connectivity index (χ4v) is 9.99. The topological polar surface area (TPSA) is 105 Å². The number of phosphoric acid groups is 1. The summed E-state index contributed by atoms with van der Waals surface area (Å²) in [7, 11) is 1.56. The second-order valence-corrected chi connectivity index (χ2v) is 23.9. The Morgan fingerprint density at radius 2 is 0.775 bits per heavy atom. The Hall–Kier alpha value is -1.28. The molecule has 0 aliphatic heterocycles. The Bertz CT molecular complexity index is 1250. The van der Waals surface area contributed by atoms with E-state index in [-0.39, 0.29) is 19.1 Å². The summed E-state index contributed by atoms with van der Waals surface area (Å²) in [5.74, 6) is -0.185. The van der Waals surface area contributed by atoms with Crippen molar-refractivity contribution in [2.45, 2.75) is 315 Å². The van der Waals surface area contributed by atoms with Crippen LogP contribution < -0.4 is 5.32 Å². The van der Waals surface area contributed by atoms with Gasteiger partial charge in [0.05, 0.1) is 39.9 Å². The Kier molecular flexibility index (Phi) is 52.6. The van der Waals surface area contributed by atoms with Crippen LogP contribution in [0.25, 0.3) is 0 Å². The van der Waals surface area contributed by atoms with Gasteiger partial charge in [0.2, 0.25) is 5.91 Å². The van der Waals surface area contributed by atoms with Gasteiger partial charge >= 0.3 is 7.82 Å². The molecule has 9 heteroatoms. The SMILES string of the molecule is CCCCCCCCCCC/C=C/CC/C=C/CC/C=C/C(O)C(COP(=O)(O)OCC[N+](C)(C)C)NC(=O)CCCCCCCCCCCCCCCCCCCCCCCCCCCCCCCC. The van der Waals surface area contributed by atoms with Crippen molar-refractivity contribution >= 4 is 13.7 Å². The fourth-order valence-electron chi connectivity index (χ4n) is 9.25. The number of nitrogens with zero attached hydrogens (tertiary/aromatic N) is 1. The summed E-state index contributed by atoms with van der Waals surface area (Å²) in [6.45, 7) is 4.83. The van der Waals surface area contributed by atoms with Crippen molar-refractivity contribution < 1.29 is 32.9 Å². The van der Waals surface area contributed by atoms with Gasteiger partial charge in [0, 0.05) is 6.42 Å². The van der Waals surface area contributed by atoms with E-state index in [1.165, 1.54) is 238 Å². The molecule has 0 aromatic carbocycles. The lowest BCUT2D eigenvalue weighted by molar-refractivity contribution is -0.870. The van der Waals surface area contributed by atoms with E-state index in [1.54, 1.807) is 6.08 Å². The molecule has 0 radical (unpaired) electrons. The lowest BCUT2D eigenvalue weighted by Gasteiger charge is -2.25. The average molecular weight is 1020 g/mol. The van der Waals surface area contributed by atoms with E-state index in [4.69, 9.17) is 9.05 Å². The third-order valence-corrected chi connectivity index (χ3v) is 15.1. The summed E-state index contributed by atoms with van der Waals surface area (Å²) in [5, 5.41) is 13.9. The number of likely N-dealkylation sites (N-methyl/N-ethyl adjacent to an activating group) is 1.